The van der Waals surface area contributed by atoms with Gasteiger partial charge in [0.05, 0.1) is 6.54 Å². The highest BCUT2D eigenvalue weighted by Crippen LogP contribution is 2.24. The molecule has 21 heavy (non-hydrogen) atoms. The maximum absolute atomic E-state index is 4.75. The van der Waals surface area contributed by atoms with Crippen molar-refractivity contribution < 1.29 is 0 Å². The molecule has 0 fully saturated rings. The second-order valence-electron chi connectivity index (χ2n) is 6.15. The van der Waals surface area contributed by atoms with Gasteiger partial charge < -0.3 is 10.2 Å². The van der Waals surface area contributed by atoms with Gasteiger partial charge in [0, 0.05) is 30.0 Å². The number of anilines is 2. The quantitative estimate of drug-likeness (QED) is 0.909. The van der Waals surface area contributed by atoms with Gasteiger partial charge >= 0.3 is 0 Å². The van der Waals surface area contributed by atoms with Crippen LogP contribution in [0.3, 0.4) is 0 Å². The molecule has 0 aliphatic carbocycles. The van der Waals surface area contributed by atoms with Crippen molar-refractivity contribution in [2.24, 2.45) is 0 Å². The zero-order valence-electron chi connectivity index (χ0n) is 13.5. The van der Waals surface area contributed by atoms with E-state index in [0.29, 0.717) is 0 Å². The first kappa shape index (κ1) is 15.8. The third-order valence-electron chi connectivity index (χ3n) is 3.11. The van der Waals surface area contributed by atoms with Crippen LogP contribution in [0.4, 0.5) is 11.6 Å². The van der Waals surface area contributed by atoms with Gasteiger partial charge in [0.1, 0.15) is 17.5 Å². The van der Waals surface area contributed by atoms with Crippen LogP contribution >= 0.6 is 11.3 Å². The van der Waals surface area contributed by atoms with Gasteiger partial charge in [-0.2, -0.15) is 0 Å². The number of rotatable bonds is 5. The lowest BCUT2D eigenvalue weighted by Gasteiger charge is -2.23. The fourth-order valence-corrected chi connectivity index (χ4v) is 2.71. The van der Waals surface area contributed by atoms with Crippen molar-refractivity contribution in [3.63, 3.8) is 0 Å². The van der Waals surface area contributed by atoms with Gasteiger partial charge in [0.2, 0.25) is 0 Å². The molecule has 1 N–H and O–H groups in total. The third kappa shape index (κ3) is 4.17. The topological polar surface area (TPSA) is 41.0 Å². The predicted octanol–water partition coefficient (Wildman–Crippen LogP) is 3.90. The Labute approximate surface area is 131 Å². The van der Waals surface area contributed by atoms with E-state index in [1.807, 2.05) is 6.07 Å². The van der Waals surface area contributed by atoms with Crippen molar-refractivity contribution in [2.75, 3.05) is 23.8 Å². The molecule has 0 saturated heterocycles. The van der Waals surface area contributed by atoms with Crippen molar-refractivity contribution in [3.05, 3.63) is 34.3 Å². The summed E-state index contributed by atoms with van der Waals surface area (Å²) < 4.78 is 0. The molecule has 0 aromatic carbocycles. The van der Waals surface area contributed by atoms with Gasteiger partial charge in [-0.15, -0.1) is 11.3 Å². The molecule has 114 valence electrons. The van der Waals surface area contributed by atoms with Gasteiger partial charge in [-0.3, -0.25) is 0 Å². The smallest absolute Gasteiger partial charge is 0.138 e. The summed E-state index contributed by atoms with van der Waals surface area (Å²) in [5, 5.41) is 5.40. The normalized spacial score (nSPS) is 11.5. The van der Waals surface area contributed by atoms with Gasteiger partial charge in [0.25, 0.3) is 0 Å². The fraction of sp³-hybridized carbons (Fsp3) is 0.500. The van der Waals surface area contributed by atoms with Gasteiger partial charge in [-0.05, 0) is 18.4 Å². The lowest BCUT2D eigenvalue weighted by atomic mass is 9.96. The molecule has 0 radical (unpaired) electrons. The van der Waals surface area contributed by atoms with Crippen LogP contribution in [0.2, 0.25) is 0 Å². The Kier molecular flexibility index (Phi) is 4.83. The highest BCUT2D eigenvalue weighted by molar-refractivity contribution is 7.09. The summed E-state index contributed by atoms with van der Waals surface area (Å²) in [4.78, 5) is 12.9. The number of nitrogens with zero attached hydrogens (tertiary/aromatic N) is 3. The molecule has 0 aliphatic heterocycles. The molecule has 0 bridgehead atoms. The van der Waals surface area contributed by atoms with Crippen LogP contribution in [0.25, 0.3) is 0 Å². The molecule has 0 aliphatic rings. The Balaban J connectivity index is 2.30. The minimum atomic E-state index is -0.0655. The molecular formula is C16H24N4S. The third-order valence-corrected chi connectivity index (χ3v) is 3.97. The molecule has 2 rings (SSSR count). The molecule has 0 spiro atoms. The van der Waals surface area contributed by atoms with Crippen LogP contribution in [0, 0.1) is 0 Å². The summed E-state index contributed by atoms with van der Waals surface area (Å²) in [6.07, 6.45) is 0. The standard InChI is InChI=1S/C16H24N4S/c1-6-17-13-10-14(19-15(18-13)16(2,3)4)20(5)11-12-8-7-9-21-12/h7-10H,6,11H2,1-5H3,(H,17,18,19). The van der Waals surface area contributed by atoms with Gasteiger partial charge in [-0.25, -0.2) is 9.97 Å². The Morgan fingerprint density at radius 2 is 2.05 bits per heavy atom. The van der Waals surface area contributed by atoms with Crippen molar-refractivity contribution >= 4 is 23.0 Å². The monoisotopic (exact) mass is 304 g/mol. The van der Waals surface area contributed by atoms with E-state index in [9.17, 15) is 0 Å². The maximum atomic E-state index is 4.75. The summed E-state index contributed by atoms with van der Waals surface area (Å²) in [6, 6.07) is 6.25. The minimum absolute atomic E-state index is 0.0655. The summed E-state index contributed by atoms with van der Waals surface area (Å²) in [5.74, 6) is 2.72. The Hall–Kier alpha value is -1.62. The number of nitrogens with one attached hydrogen (secondary N) is 1. The van der Waals surface area contributed by atoms with Gasteiger partial charge in [0.15, 0.2) is 0 Å². The minimum Gasteiger partial charge on any atom is -0.370 e. The van der Waals surface area contributed by atoms with E-state index < -0.39 is 0 Å². The average Bonchev–Trinajstić information content (AvgIpc) is 2.90. The van der Waals surface area contributed by atoms with Crippen LogP contribution in [0.1, 0.15) is 38.4 Å². The number of hydrogen-bond acceptors (Lipinski definition) is 5. The molecule has 0 unspecified atom stereocenters. The highest BCUT2D eigenvalue weighted by Gasteiger charge is 2.20. The predicted molar refractivity (Wildman–Crippen MR) is 91.3 cm³/mol. The first-order valence-electron chi connectivity index (χ1n) is 7.27. The zero-order chi connectivity index (χ0) is 15.5. The van der Waals surface area contributed by atoms with E-state index in [0.717, 1.165) is 30.5 Å². The summed E-state index contributed by atoms with van der Waals surface area (Å²) in [7, 11) is 2.07. The van der Waals surface area contributed by atoms with Crippen LogP contribution in [-0.4, -0.2) is 23.6 Å². The Morgan fingerprint density at radius 1 is 1.29 bits per heavy atom. The van der Waals surface area contributed by atoms with Crippen molar-refractivity contribution in [3.8, 4) is 0 Å². The SMILES string of the molecule is CCNc1cc(N(C)Cc2cccs2)nc(C(C)(C)C)n1. The van der Waals surface area contributed by atoms with Crippen LogP contribution < -0.4 is 10.2 Å². The second kappa shape index (κ2) is 6.43. The summed E-state index contributed by atoms with van der Waals surface area (Å²) >= 11 is 1.77. The number of aromatic nitrogens is 2. The number of thiophene rings is 1. The van der Waals surface area contributed by atoms with E-state index in [1.54, 1.807) is 11.3 Å². The molecule has 0 amide bonds. The zero-order valence-corrected chi connectivity index (χ0v) is 14.3. The van der Waals surface area contributed by atoms with Crippen LogP contribution in [0.5, 0.6) is 0 Å². The van der Waals surface area contributed by atoms with E-state index in [-0.39, 0.29) is 5.41 Å². The van der Waals surface area contributed by atoms with Gasteiger partial charge in [-0.1, -0.05) is 26.8 Å². The Bertz CT molecular complexity index is 572. The molecule has 5 heteroatoms. The molecule has 0 atom stereocenters. The number of hydrogen-bond donors (Lipinski definition) is 1. The molecule has 2 aromatic heterocycles. The molecule has 0 saturated carbocycles. The summed E-state index contributed by atoms with van der Waals surface area (Å²) in [5.41, 5.74) is -0.0655. The van der Waals surface area contributed by atoms with E-state index in [1.165, 1.54) is 4.88 Å². The van der Waals surface area contributed by atoms with Crippen molar-refractivity contribution in [2.45, 2.75) is 39.7 Å². The first-order chi connectivity index (χ1) is 9.90. The second-order valence-corrected chi connectivity index (χ2v) is 7.18. The summed E-state index contributed by atoms with van der Waals surface area (Å²) in [6.45, 7) is 10.2. The molecular weight excluding hydrogens is 280 g/mol. The fourth-order valence-electron chi connectivity index (χ4n) is 1.95. The lowest BCUT2D eigenvalue weighted by molar-refractivity contribution is 0.545. The molecule has 4 nitrogen and oxygen atoms in total. The van der Waals surface area contributed by atoms with E-state index in [4.69, 9.17) is 4.98 Å². The van der Waals surface area contributed by atoms with Crippen LogP contribution in [-0.2, 0) is 12.0 Å². The molecule has 2 aromatic rings. The highest BCUT2D eigenvalue weighted by atomic mass is 32.1. The van der Waals surface area contributed by atoms with Crippen LogP contribution in [0.15, 0.2) is 23.6 Å². The van der Waals surface area contributed by atoms with E-state index in [2.05, 4.69) is 67.5 Å². The largest absolute Gasteiger partial charge is 0.370 e. The van der Waals surface area contributed by atoms with E-state index >= 15 is 0 Å². The maximum Gasteiger partial charge on any atom is 0.138 e. The van der Waals surface area contributed by atoms with Crippen molar-refractivity contribution in [1.29, 1.82) is 0 Å². The lowest BCUT2D eigenvalue weighted by Crippen LogP contribution is -2.22. The molecule has 2 heterocycles. The Morgan fingerprint density at radius 3 is 2.62 bits per heavy atom. The average molecular weight is 304 g/mol. The van der Waals surface area contributed by atoms with Crippen molar-refractivity contribution in [1.82, 2.24) is 9.97 Å². The first-order valence-corrected chi connectivity index (χ1v) is 8.15.